The summed E-state index contributed by atoms with van der Waals surface area (Å²) in [5.74, 6) is 0. The first-order chi connectivity index (χ1) is 6.52. The molecule has 2 aromatic rings. The summed E-state index contributed by atoms with van der Waals surface area (Å²) in [5.41, 5.74) is 2.46. The van der Waals surface area contributed by atoms with Crippen molar-refractivity contribution in [3.05, 3.63) is 24.2 Å². The molecule has 0 saturated heterocycles. The third-order valence-corrected chi connectivity index (χ3v) is 2.51. The highest BCUT2D eigenvalue weighted by Crippen LogP contribution is 2.22. The zero-order chi connectivity index (χ0) is 10.3. The molecule has 2 aromatic heterocycles. The molecule has 2 heterocycles. The van der Waals surface area contributed by atoms with Gasteiger partial charge >= 0.3 is 0 Å². The highest BCUT2D eigenvalue weighted by atomic mass is 15.3. The van der Waals surface area contributed by atoms with E-state index in [1.807, 2.05) is 10.7 Å². The van der Waals surface area contributed by atoms with Crippen LogP contribution in [0.3, 0.4) is 0 Å². The molecule has 0 saturated carbocycles. The lowest BCUT2D eigenvalue weighted by Gasteiger charge is -2.13. The van der Waals surface area contributed by atoms with Crippen molar-refractivity contribution >= 4 is 5.65 Å². The van der Waals surface area contributed by atoms with E-state index in [0.717, 1.165) is 12.2 Å². The van der Waals surface area contributed by atoms with E-state index in [9.17, 15) is 0 Å². The Balaban J connectivity index is 2.58. The van der Waals surface area contributed by atoms with Crippen LogP contribution in [0.4, 0.5) is 0 Å². The van der Waals surface area contributed by atoms with Crippen LogP contribution in [-0.4, -0.2) is 14.2 Å². The lowest BCUT2D eigenvalue weighted by molar-refractivity contribution is 0.563. The maximum atomic E-state index is 4.55. The Kier molecular flexibility index (Phi) is 1.91. The molecule has 0 aliphatic rings. The van der Waals surface area contributed by atoms with E-state index < -0.39 is 0 Å². The zero-order valence-electron chi connectivity index (χ0n) is 9.28. The molecule has 0 atom stereocenters. The molecule has 14 heavy (non-hydrogen) atoms. The second-order valence-corrected chi connectivity index (χ2v) is 4.67. The minimum Gasteiger partial charge on any atom is -0.332 e. The second kappa shape index (κ2) is 2.87. The van der Waals surface area contributed by atoms with Crippen LogP contribution in [0.5, 0.6) is 0 Å². The molecule has 2 rings (SSSR count). The molecular formula is C11H17N3. The highest BCUT2D eigenvalue weighted by Gasteiger charge is 2.18. The standard InChI is InChI=1S/C11H17N3/c1-5-13-6-7-14-10(13)8-9(12-14)11(2,3)4/h6-8H,5H2,1-4H3. The van der Waals surface area contributed by atoms with Crippen LogP contribution in [0.2, 0.25) is 0 Å². The fourth-order valence-corrected chi connectivity index (χ4v) is 1.56. The van der Waals surface area contributed by atoms with Crippen molar-refractivity contribution in [3.8, 4) is 0 Å². The van der Waals surface area contributed by atoms with Gasteiger partial charge in [0.2, 0.25) is 0 Å². The van der Waals surface area contributed by atoms with Gasteiger partial charge in [-0.1, -0.05) is 20.8 Å². The largest absolute Gasteiger partial charge is 0.332 e. The van der Waals surface area contributed by atoms with Gasteiger partial charge in [-0.25, -0.2) is 4.52 Å². The third kappa shape index (κ3) is 1.33. The smallest absolute Gasteiger partial charge is 0.136 e. The lowest BCUT2D eigenvalue weighted by atomic mass is 9.93. The summed E-state index contributed by atoms with van der Waals surface area (Å²) < 4.78 is 4.15. The van der Waals surface area contributed by atoms with Gasteiger partial charge in [0.1, 0.15) is 5.65 Å². The molecule has 0 unspecified atom stereocenters. The molecule has 0 N–H and O–H groups in total. The number of aryl methyl sites for hydroxylation is 1. The van der Waals surface area contributed by atoms with Gasteiger partial charge in [-0.2, -0.15) is 5.10 Å². The molecule has 0 spiro atoms. The van der Waals surface area contributed by atoms with E-state index in [2.05, 4.69) is 49.6 Å². The molecule has 0 aliphatic carbocycles. The van der Waals surface area contributed by atoms with E-state index in [-0.39, 0.29) is 5.41 Å². The maximum absolute atomic E-state index is 4.55. The Hall–Kier alpha value is -1.25. The minimum atomic E-state index is 0.130. The van der Waals surface area contributed by atoms with Crippen LogP contribution in [-0.2, 0) is 12.0 Å². The van der Waals surface area contributed by atoms with Gasteiger partial charge in [0.25, 0.3) is 0 Å². The normalized spacial score (nSPS) is 12.6. The molecular weight excluding hydrogens is 174 g/mol. The fraction of sp³-hybridized carbons (Fsp3) is 0.545. The second-order valence-electron chi connectivity index (χ2n) is 4.67. The summed E-state index contributed by atoms with van der Waals surface area (Å²) in [6, 6.07) is 2.17. The molecule has 0 aliphatic heterocycles. The summed E-state index contributed by atoms with van der Waals surface area (Å²) in [6.07, 6.45) is 4.07. The Bertz CT molecular complexity index is 442. The van der Waals surface area contributed by atoms with Gasteiger partial charge in [-0.15, -0.1) is 0 Å². The zero-order valence-corrected chi connectivity index (χ0v) is 9.28. The highest BCUT2D eigenvalue weighted by molar-refractivity contribution is 5.42. The molecule has 0 radical (unpaired) electrons. The van der Waals surface area contributed by atoms with Gasteiger partial charge in [0, 0.05) is 30.4 Å². The fourth-order valence-electron chi connectivity index (χ4n) is 1.56. The number of aromatic nitrogens is 3. The summed E-state index contributed by atoms with van der Waals surface area (Å²) in [4.78, 5) is 0. The molecule has 0 bridgehead atoms. The number of hydrogen-bond acceptors (Lipinski definition) is 1. The summed E-state index contributed by atoms with van der Waals surface area (Å²) >= 11 is 0. The summed E-state index contributed by atoms with van der Waals surface area (Å²) in [6.45, 7) is 9.69. The predicted molar refractivity (Wildman–Crippen MR) is 57.6 cm³/mol. The quantitative estimate of drug-likeness (QED) is 0.678. The van der Waals surface area contributed by atoms with Crippen molar-refractivity contribution in [2.75, 3.05) is 0 Å². The number of imidazole rings is 1. The van der Waals surface area contributed by atoms with Gasteiger partial charge < -0.3 is 4.57 Å². The van der Waals surface area contributed by atoms with E-state index in [4.69, 9.17) is 0 Å². The van der Waals surface area contributed by atoms with Gasteiger partial charge in [0.15, 0.2) is 0 Å². The first kappa shape index (κ1) is 9.31. The van der Waals surface area contributed by atoms with Crippen LogP contribution in [0.25, 0.3) is 5.65 Å². The van der Waals surface area contributed by atoms with E-state index in [1.165, 1.54) is 5.65 Å². The molecule has 0 fully saturated rings. The number of hydrogen-bond donors (Lipinski definition) is 0. The monoisotopic (exact) mass is 191 g/mol. The summed E-state index contributed by atoms with van der Waals surface area (Å²) in [5, 5.41) is 4.55. The van der Waals surface area contributed by atoms with Crippen LogP contribution in [0.1, 0.15) is 33.4 Å². The molecule has 3 heteroatoms. The predicted octanol–water partition coefficient (Wildman–Crippen LogP) is 2.45. The van der Waals surface area contributed by atoms with Crippen molar-refractivity contribution in [1.29, 1.82) is 0 Å². The van der Waals surface area contributed by atoms with Crippen molar-refractivity contribution in [3.63, 3.8) is 0 Å². The molecule has 0 aromatic carbocycles. The number of nitrogens with zero attached hydrogens (tertiary/aromatic N) is 3. The molecule has 0 amide bonds. The van der Waals surface area contributed by atoms with Gasteiger partial charge in [-0.3, -0.25) is 0 Å². The molecule has 76 valence electrons. The number of fused-ring (bicyclic) bond motifs is 1. The maximum Gasteiger partial charge on any atom is 0.136 e. The Morgan fingerprint density at radius 3 is 2.57 bits per heavy atom. The van der Waals surface area contributed by atoms with Crippen LogP contribution in [0, 0.1) is 0 Å². The van der Waals surface area contributed by atoms with Gasteiger partial charge in [0.05, 0.1) is 5.69 Å². The lowest BCUT2D eigenvalue weighted by Crippen LogP contribution is -2.11. The Morgan fingerprint density at radius 1 is 1.29 bits per heavy atom. The van der Waals surface area contributed by atoms with E-state index in [1.54, 1.807) is 0 Å². The van der Waals surface area contributed by atoms with Crippen molar-refractivity contribution in [2.24, 2.45) is 0 Å². The first-order valence-corrected chi connectivity index (χ1v) is 5.07. The van der Waals surface area contributed by atoms with E-state index in [0.29, 0.717) is 0 Å². The van der Waals surface area contributed by atoms with Gasteiger partial charge in [-0.05, 0) is 6.92 Å². The SMILES string of the molecule is CCn1ccn2nc(C(C)(C)C)cc12. The Labute approximate surface area is 84.3 Å². The van der Waals surface area contributed by atoms with Crippen LogP contribution in [0.15, 0.2) is 18.5 Å². The van der Waals surface area contributed by atoms with Crippen molar-refractivity contribution in [1.82, 2.24) is 14.2 Å². The topological polar surface area (TPSA) is 22.2 Å². The average molecular weight is 191 g/mol. The first-order valence-electron chi connectivity index (χ1n) is 5.07. The average Bonchev–Trinajstić information content (AvgIpc) is 2.58. The Morgan fingerprint density at radius 2 is 2.00 bits per heavy atom. The van der Waals surface area contributed by atoms with Crippen molar-refractivity contribution in [2.45, 2.75) is 39.7 Å². The van der Waals surface area contributed by atoms with Crippen molar-refractivity contribution < 1.29 is 0 Å². The molecule has 3 nitrogen and oxygen atoms in total. The van der Waals surface area contributed by atoms with Crippen LogP contribution >= 0.6 is 0 Å². The minimum absolute atomic E-state index is 0.130. The summed E-state index contributed by atoms with van der Waals surface area (Å²) in [7, 11) is 0. The third-order valence-electron chi connectivity index (χ3n) is 2.51. The number of rotatable bonds is 1. The van der Waals surface area contributed by atoms with Crippen LogP contribution < -0.4 is 0 Å². The van der Waals surface area contributed by atoms with E-state index >= 15 is 0 Å².